The predicted molar refractivity (Wildman–Crippen MR) is 137 cm³/mol. The topological polar surface area (TPSA) is 66.8 Å². The van der Waals surface area contributed by atoms with E-state index >= 15 is 0 Å². The van der Waals surface area contributed by atoms with Crippen molar-refractivity contribution in [2.45, 2.75) is 50.0 Å². The first-order valence-corrected chi connectivity index (χ1v) is 14.0. The van der Waals surface area contributed by atoms with Gasteiger partial charge < -0.3 is 9.84 Å². The van der Waals surface area contributed by atoms with Gasteiger partial charge in [-0.25, -0.2) is 17.2 Å². The van der Waals surface area contributed by atoms with Gasteiger partial charge in [-0.05, 0) is 55.7 Å². The van der Waals surface area contributed by atoms with E-state index in [1.807, 2.05) is 4.90 Å². The molecule has 11 heteroatoms. The SMILES string of the molecule is CC(C)(O)c1c(F)cc(OCCCN(Cc2ccc(F)cc2)Cc2cccc(C(F)(F)F)c2)cc1S(C)(=O)=O. The Hall–Kier alpha value is -3.02. The molecular weight excluding hydrogens is 541 g/mol. The van der Waals surface area contributed by atoms with Crippen LogP contribution in [0.4, 0.5) is 22.0 Å². The Morgan fingerprint density at radius 2 is 1.56 bits per heavy atom. The summed E-state index contributed by atoms with van der Waals surface area (Å²) in [7, 11) is -3.89. The molecule has 0 heterocycles. The van der Waals surface area contributed by atoms with Gasteiger partial charge in [-0.1, -0.05) is 30.3 Å². The maximum atomic E-state index is 14.8. The van der Waals surface area contributed by atoms with E-state index in [0.717, 1.165) is 36.1 Å². The zero-order chi connectivity index (χ0) is 29.0. The van der Waals surface area contributed by atoms with Crippen LogP contribution >= 0.6 is 0 Å². The molecule has 0 saturated carbocycles. The van der Waals surface area contributed by atoms with Crippen LogP contribution in [0.1, 0.15) is 42.5 Å². The van der Waals surface area contributed by atoms with Crippen molar-refractivity contribution in [1.29, 1.82) is 0 Å². The van der Waals surface area contributed by atoms with E-state index in [4.69, 9.17) is 4.74 Å². The minimum absolute atomic E-state index is 0.0381. The molecule has 3 rings (SSSR count). The van der Waals surface area contributed by atoms with Crippen molar-refractivity contribution in [2.75, 3.05) is 19.4 Å². The Balaban J connectivity index is 1.74. The molecule has 0 aliphatic carbocycles. The van der Waals surface area contributed by atoms with Crippen molar-refractivity contribution in [3.05, 3.63) is 94.6 Å². The molecule has 3 aromatic rings. The summed E-state index contributed by atoms with van der Waals surface area (Å²) in [6, 6.07) is 12.9. The Morgan fingerprint density at radius 3 is 2.15 bits per heavy atom. The number of rotatable bonds is 11. The molecule has 39 heavy (non-hydrogen) atoms. The number of benzene rings is 3. The lowest BCUT2D eigenvalue weighted by atomic mass is 9.97. The van der Waals surface area contributed by atoms with Crippen LogP contribution in [0.2, 0.25) is 0 Å². The monoisotopic (exact) mass is 571 g/mol. The summed E-state index contributed by atoms with van der Waals surface area (Å²) in [5.74, 6) is -1.38. The maximum absolute atomic E-state index is 14.8. The lowest BCUT2D eigenvalue weighted by molar-refractivity contribution is -0.137. The molecule has 0 aliphatic heterocycles. The van der Waals surface area contributed by atoms with E-state index in [1.54, 1.807) is 18.2 Å². The van der Waals surface area contributed by atoms with E-state index < -0.39 is 38.8 Å². The van der Waals surface area contributed by atoms with E-state index in [0.29, 0.717) is 25.1 Å². The van der Waals surface area contributed by atoms with Gasteiger partial charge in [0, 0.05) is 37.5 Å². The highest BCUT2D eigenvalue weighted by molar-refractivity contribution is 7.90. The minimum atomic E-state index is -4.48. The molecule has 0 unspecified atom stereocenters. The molecule has 0 fully saturated rings. The maximum Gasteiger partial charge on any atom is 0.416 e. The average molecular weight is 572 g/mol. The van der Waals surface area contributed by atoms with Crippen LogP contribution in [0.25, 0.3) is 0 Å². The zero-order valence-electron chi connectivity index (χ0n) is 21.7. The summed E-state index contributed by atoms with van der Waals surface area (Å²) < 4.78 is 97.8. The Bertz CT molecular complexity index is 1380. The highest BCUT2D eigenvalue weighted by Crippen LogP contribution is 2.33. The molecule has 0 atom stereocenters. The van der Waals surface area contributed by atoms with Crippen molar-refractivity contribution in [1.82, 2.24) is 4.90 Å². The second-order valence-corrected chi connectivity index (χ2v) is 11.8. The number of ether oxygens (including phenoxy) is 1. The molecule has 1 N–H and O–H groups in total. The Labute approximate surface area is 224 Å². The first kappa shape index (κ1) is 30.5. The molecule has 3 aromatic carbocycles. The Kier molecular flexibility index (Phi) is 9.40. The first-order chi connectivity index (χ1) is 18.0. The summed E-state index contributed by atoms with van der Waals surface area (Å²) in [5.41, 5.74) is -1.67. The number of hydrogen-bond acceptors (Lipinski definition) is 5. The Morgan fingerprint density at radius 1 is 0.923 bits per heavy atom. The lowest BCUT2D eigenvalue weighted by Crippen LogP contribution is -2.25. The van der Waals surface area contributed by atoms with Gasteiger partial charge in [0.05, 0.1) is 22.7 Å². The zero-order valence-corrected chi connectivity index (χ0v) is 22.5. The molecule has 5 nitrogen and oxygen atoms in total. The number of aliphatic hydroxyl groups is 1. The van der Waals surface area contributed by atoms with E-state index in [-0.39, 0.29) is 29.4 Å². The van der Waals surface area contributed by atoms with E-state index in [9.17, 15) is 35.5 Å². The average Bonchev–Trinajstić information content (AvgIpc) is 2.81. The van der Waals surface area contributed by atoms with Gasteiger partial charge in [0.25, 0.3) is 0 Å². The smallest absolute Gasteiger partial charge is 0.416 e. The predicted octanol–water partition coefficient (Wildman–Crippen LogP) is 6.09. The third-order valence-electron chi connectivity index (χ3n) is 5.91. The van der Waals surface area contributed by atoms with Crippen molar-refractivity contribution >= 4 is 9.84 Å². The number of alkyl halides is 3. The number of hydrogen-bond donors (Lipinski definition) is 1. The third kappa shape index (κ3) is 8.74. The standard InChI is InChI=1S/C28H30F5NO4S/c1-27(2,35)26-24(30)15-23(16-25(26)39(3,36)37)38-13-5-12-34(17-19-8-10-22(29)11-9-19)18-20-6-4-7-21(14-20)28(31,32)33/h4,6-11,14-16,35H,5,12-13,17-18H2,1-3H3. The van der Waals surface area contributed by atoms with Crippen LogP contribution in [0, 0.1) is 11.6 Å². The summed E-state index contributed by atoms with van der Waals surface area (Å²) in [6.45, 7) is 3.46. The molecule has 0 saturated heterocycles. The second-order valence-electron chi connectivity index (χ2n) is 9.85. The van der Waals surface area contributed by atoms with Crippen molar-refractivity contribution < 1.29 is 40.2 Å². The van der Waals surface area contributed by atoms with Gasteiger partial charge in [0.15, 0.2) is 9.84 Å². The van der Waals surface area contributed by atoms with E-state index in [1.165, 1.54) is 32.0 Å². The van der Waals surface area contributed by atoms with Gasteiger partial charge in [-0.2, -0.15) is 13.2 Å². The quantitative estimate of drug-likeness (QED) is 0.223. The molecule has 0 radical (unpaired) electrons. The molecule has 212 valence electrons. The van der Waals surface area contributed by atoms with Crippen LogP contribution in [0.5, 0.6) is 5.75 Å². The molecular formula is C28H30F5NO4S. The van der Waals surface area contributed by atoms with Crippen LogP contribution in [-0.4, -0.2) is 37.8 Å². The largest absolute Gasteiger partial charge is 0.493 e. The van der Waals surface area contributed by atoms with Crippen molar-refractivity contribution in [2.24, 2.45) is 0 Å². The number of sulfone groups is 1. The molecule has 0 amide bonds. The van der Waals surface area contributed by atoms with E-state index in [2.05, 4.69) is 0 Å². The third-order valence-corrected chi connectivity index (χ3v) is 7.03. The van der Waals surface area contributed by atoms with Crippen LogP contribution in [-0.2, 0) is 34.7 Å². The highest BCUT2D eigenvalue weighted by atomic mass is 32.2. The van der Waals surface area contributed by atoms with Gasteiger partial charge in [-0.15, -0.1) is 0 Å². The highest BCUT2D eigenvalue weighted by Gasteiger charge is 2.31. The van der Waals surface area contributed by atoms with Crippen molar-refractivity contribution in [3.8, 4) is 5.75 Å². The minimum Gasteiger partial charge on any atom is -0.493 e. The van der Waals surface area contributed by atoms with Crippen molar-refractivity contribution in [3.63, 3.8) is 0 Å². The van der Waals surface area contributed by atoms with Gasteiger partial charge >= 0.3 is 6.18 Å². The second kappa shape index (κ2) is 12.0. The fourth-order valence-electron chi connectivity index (χ4n) is 4.17. The van der Waals surface area contributed by atoms with Crippen LogP contribution < -0.4 is 4.74 Å². The lowest BCUT2D eigenvalue weighted by Gasteiger charge is -2.24. The molecule has 0 spiro atoms. The summed E-state index contributed by atoms with van der Waals surface area (Å²) in [4.78, 5) is 1.49. The summed E-state index contributed by atoms with van der Waals surface area (Å²) in [6.07, 6.45) is -3.21. The number of halogens is 5. The molecule has 0 aliphatic rings. The van der Waals surface area contributed by atoms with Gasteiger partial charge in [-0.3, -0.25) is 4.90 Å². The fraction of sp³-hybridized carbons (Fsp3) is 0.357. The van der Waals surface area contributed by atoms with Crippen LogP contribution in [0.3, 0.4) is 0 Å². The van der Waals surface area contributed by atoms with Crippen LogP contribution in [0.15, 0.2) is 65.6 Å². The number of nitrogens with zero attached hydrogens (tertiary/aromatic N) is 1. The fourth-order valence-corrected chi connectivity index (χ4v) is 5.22. The molecule has 0 bridgehead atoms. The van der Waals surface area contributed by atoms with Gasteiger partial charge in [0.1, 0.15) is 17.4 Å². The van der Waals surface area contributed by atoms with Gasteiger partial charge in [0.2, 0.25) is 0 Å². The summed E-state index contributed by atoms with van der Waals surface area (Å²) in [5, 5.41) is 10.3. The summed E-state index contributed by atoms with van der Waals surface area (Å²) >= 11 is 0. The first-order valence-electron chi connectivity index (χ1n) is 12.1. The molecule has 0 aromatic heterocycles. The normalized spacial score (nSPS) is 12.7.